The Kier molecular flexibility index (Phi) is 8.02. The SMILES string of the molecule is CCCCCC(O)C[N+](C)(C)CCCN. The number of hydrogen-bond acceptors (Lipinski definition) is 2. The maximum atomic E-state index is 9.86. The third-order valence-electron chi connectivity index (χ3n) is 2.81. The molecular formula is C12H29N2O+. The number of nitrogens with zero attached hydrogens (tertiary/aromatic N) is 1. The van der Waals surface area contributed by atoms with Gasteiger partial charge in [-0.05, 0) is 13.0 Å². The maximum absolute atomic E-state index is 9.86. The summed E-state index contributed by atoms with van der Waals surface area (Å²) < 4.78 is 0.879. The van der Waals surface area contributed by atoms with Crippen molar-refractivity contribution in [3.8, 4) is 0 Å². The molecule has 1 unspecified atom stereocenters. The van der Waals surface area contributed by atoms with E-state index in [2.05, 4.69) is 21.0 Å². The molecule has 0 saturated carbocycles. The number of nitrogens with two attached hydrogens (primary N) is 1. The standard InChI is InChI=1S/C12H29N2O/c1-4-5-6-8-12(15)11-14(2,3)10-7-9-13/h12,15H,4-11,13H2,1-3H3/q+1. The van der Waals surface area contributed by atoms with Crippen LogP contribution in [-0.2, 0) is 0 Å². The molecule has 0 aromatic heterocycles. The Labute approximate surface area is 94.9 Å². The zero-order valence-corrected chi connectivity index (χ0v) is 10.7. The van der Waals surface area contributed by atoms with Crippen molar-refractivity contribution in [3.63, 3.8) is 0 Å². The van der Waals surface area contributed by atoms with E-state index in [1.165, 1.54) is 12.8 Å². The molecule has 0 spiro atoms. The van der Waals surface area contributed by atoms with Gasteiger partial charge in [-0.2, -0.15) is 0 Å². The fourth-order valence-electron chi connectivity index (χ4n) is 1.90. The molecule has 92 valence electrons. The Morgan fingerprint density at radius 3 is 2.40 bits per heavy atom. The highest BCUT2D eigenvalue weighted by molar-refractivity contribution is 4.55. The molecule has 0 aromatic carbocycles. The first-order valence-electron chi connectivity index (χ1n) is 6.22. The summed E-state index contributed by atoms with van der Waals surface area (Å²) in [7, 11) is 4.33. The van der Waals surface area contributed by atoms with Crippen LogP contribution in [0.4, 0.5) is 0 Å². The molecule has 0 aliphatic rings. The molecule has 0 rings (SSSR count). The van der Waals surface area contributed by atoms with Crippen molar-refractivity contribution >= 4 is 0 Å². The number of aliphatic hydroxyl groups excluding tert-OH is 1. The third kappa shape index (κ3) is 8.85. The molecule has 3 nitrogen and oxygen atoms in total. The summed E-state index contributed by atoms with van der Waals surface area (Å²) in [5.41, 5.74) is 5.49. The summed E-state index contributed by atoms with van der Waals surface area (Å²) >= 11 is 0. The minimum atomic E-state index is -0.149. The molecule has 0 radical (unpaired) electrons. The lowest BCUT2D eigenvalue weighted by molar-refractivity contribution is -0.893. The van der Waals surface area contributed by atoms with Crippen molar-refractivity contribution in [2.24, 2.45) is 5.73 Å². The van der Waals surface area contributed by atoms with Crippen LogP contribution in [0, 0.1) is 0 Å². The van der Waals surface area contributed by atoms with E-state index < -0.39 is 0 Å². The Hall–Kier alpha value is -0.120. The van der Waals surface area contributed by atoms with Crippen LogP contribution in [0.25, 0.3) is 0 Å². The lowest BCUT2D eigenvalue weighted by Gasteiger charge is -2.31. The van der Waals surface area contributed by atoms with E-state index in [0.29, 0.717) is 0 Å². The normalized spacial score (nSPS) is 14.2. The first-order chi connectivity index (χ1) is 7.02. The monoisotopic (exact) mass is 217 g/mol. The number of quaternary nitrogens is 1. The molecule has 0 amide bonds. The quantitative estimate of drug-likeness (QED) is 0.452. The van der Waals surface area contributed by atoms with Crippen LogP contribution < -0.4 is 5.73 Å². The molecule has 15 heavy (non-hydrogen) atoms. The van der Waals surface area contributed by atoms with Gasteiger partial charge < -0.3 is 15.3 Å². The first kappa shape index (κ1) is 14.9. The van der Waals surface area contributed by atoms with Gasteiger partial charge in [0.2, 0.25) is 0 Å². The van der Waals surface area contributed by atoms with Gasteiger partial charge in [-0.15, -0.1) is 0 Å². The summed E-state index contributed by atoms with van der Waals surface area (Å²) in [6, 6.07) is 0. The van der Waals surface area contributed by atoms with Crippen molar-refractivity contribution in [1.29, 1.82) is 0 Å². The van der Waals surface area contributed by atoms with Gasteiger partial charge >= 0.3 is 0 Å². The Bertz CT molecular complexity index is 149. The smallest absolute Gasteiger partial charge is 0.105 e. The molecule has 0 aliphatic heterocycles. The molecule has 3 N–H and O–H groups in total. The minimum absolute atomic E-state index is 0.149. The average molecular weight is 217 g/mol. The number of unbranched alkanes of at least 4 members (excludes halogenated alkanes) is 2. The Morgan fingerprint density at radius 2 is 1.87 bits per heavy atom. The predicted molar refractivity (Wildman–Crippen MR) is 65.7 cm³/mol. The van der Waals surface area contributed by atoms with Gasteiger partial charge in [0.05, 0.1) is 20.6 Å². The summed E-state index contributed by atoms with van der Waals surface area (Å²) in [6.07, 6.45) is 5.43. The summed E-state index contributed by atoms with van der Waals surface area (Å²) in [6.45, 7) is 4.84. The Morgan fingerprint density at radius 1 is 1.20 bits per heavy atom. The van der Waals surface area contributed by atoms with E-state index in [0.717, 1.165) is 43.4 Å². The zero-order valence-electron chi connectivity index (χ0n) is 10.7. The van der Waals surface area contributed by atoms with Crippen LogP contribution in [0.5, 0.6) is 0 Å². The predicted octanol–water partition coefficient (Wildman–Crippen LogP) is 1.35. The molecule has 0 aliphatic carbocycles. The lowest BCUT2D eigenvalue weighted by atomic mass is 10.1. The van der Waals surface area contributed by atoms with E-state index in [1.807, 2.05) is 0 Å². The number of aliphatic hydroxyl groups is 1. The fourth-order valence-corrected chi connectivity index (χ4v) is 1.90. The van der Waals surface area contributed by atoms with E-state index in [-0.39, 0.29) is 6.10 Å². The van der Waals surface area contributed by atoms with Gasteiger partial charge in [-0.1, -0.05) is 26.2 Å². The first-order valence-corrected chi connectivity index (χ1v) is 6.22. The molecule has 0 aromatic rings. The van der Waals surface area contributed by atoms with E-state index >= 15 is 0 Å². The van der Waals surface area contributed by atoms with Crippen molar-refractivity contribution in [2.45, 2.75) is 45.1 Å². The minimum Gasteiger partial charge on any atom is -0.387 e. The largest absolute Gasteiger partial charge is 0.387 e. The zero-order chi connectivity index (χ0) is 11.7. The van der Waals surface area contributed by atoms with Crippen LogP contribution in [0.2, 0.25) is 0 Å². The van der Waals surface area contributed by atoms with Crippen molar-refractivity contribution < 1.29 is 9.59 Å². The van der Waals surface area contributed by atoms with Crippen LogP contribution in [-0.4, -0.2) is 49.4 Å². The van der Waals surface area contributed by atoms with Gasteiger partial charge in [0, 0.05) is 6.42 Å². The van der Waals surface area contributed by atoms with Gasteiger partial charge in [-0.3, -0.25) is 0 Å². The van der Waals surface area contributed by atoms with Gasteiger partial charge in [0.1, 0.15) is 12.6 Å². The van der Waals surface area contributed by atoms with E-state index in [9.17, 15) is 5.11 Å². The summed E-state index contributed by atoms with van der Waals surface area (Å²) in [5.74, 6) is 0. The molecule has 0 heterocycles. The van der Waals surface area contributed by atoms with Gasteiger partial charge in [0.15, 0.2) is 0 Å². The van der Waals surface area contributed by atoms with Gasteiger partial charge in [-0.25, -0.2) is 0 Å². The highest BCUT2D eigenvalue weighted by atomic mass is 16.3. The lowest BCUT2D eigenvalue weighted by Crippen LogP contribution is -2.46. The third-order valence-corrected chi connectivity index (χ3v) is 2.81. The fraction of sp³-hybridized carbons (Fsp3) is 1.00. The van der Waals surface area contributed by atoms with Crippen LogP contribution in [0.1, 0.15) is 39.0 Å². The number of rotatable bonds is 9. The molecule has 1 atom stereocenters. The molecule has 3 heteroatoms. The molecule has 0 bridgehead atoms. The summed E-state index contributed by atoms with van der Waals surface area (Å²) in [5, 5.41) is 9.86. The molecule has 0 saturated heterocycles. The Balaban J connectivity index is 3.67. The number of hydrogen-bond donors (Lipinski definition) is 2. The van der Waals surface area contributed by atoms with E-state index in [4.69, 9.17) is 5.73 Å². The van der Waals surface area contributed by atoms with Crippen molar-refractivity contribution in [1.82, 2.24) is 0 Å². The maximum Gasteiger partial charge on any atom is 0.105 e. The van der Waals surface area contributed by atoms with Crippen molar-refractivity contribution in [3.05, 3.63) is 0 Å². The molecule has 0 fully saturated rings. The molecular weight excluding hydrogens is 188 g/mol. The highest BCUT2D eigenvalue weighted by Crippen LogP contribution is 2.08. The van der Waals surface area contributed by atoms with Crippen LogP contribution in [0.15, 0.2) is 0 Å². The van der Waals surface area contributed by atoms with Crippen molar-refractivity contribution in [2.75, 3.05) is 33.7 Å². The van der Waals surface area contributed by atoms with Gasteiger partial charge in [0.25, 0.3) is 0 Å². The highest BCUT2D eigenvalue weighted by Gasteiger charge is 2.19. The topological polar surface area (TPSA) is 46.2 Å². The second-order valence-electron chi connectivity index (χ2n) is 5.13. The van der Waals surface area contributed by atoms with E-state index in [1.54, 1.807) is 0 Å². The van der Waals surface area contributed by atoms with Crippen LogP contribution in [0.3, 0.4) is 0 Å². The second kappa shape index (κ2) is 8.08. The second-order valence-corrected chi connectivity index (χ2v) is 5.13. The average Bonchev–Trinajstić information content (AvgIpc) is 2.14. The van der Waals surface area contributed by atoms with Crippen LogP contribution >= 0.6 is 0 Å². The summed E-state index contributed by atoms with van der Waals surface area (Å²) in [4.78, 5) is 0. The number of likely N-dealkylation sites (N-methyl/N-ethyl adjacent to an activating group) is 1.